The summed E-state index contributed by atoms with van der Waals surface area (Å²) in [5.41, 5.74) is 14.6. The van der Waals surface area contributed by atoms with Crippen LogP contribution in [0.15, 0.2) is 22.6 Å². The zero-order chi connectivity index (χ0) is 17.2. The number of benzene rings is 1. The van der Waals surface area contributed by atoms with Crippen LogP contribution in [0.2, 0.25) is 0 Å². The molecule has 0 amide bonds. The van der Waals surface area contributed by atoms with Gasteiger partial charge in [0.2, 0.25) is 5.89 Å². The smallest absolute Gasteiger partial charge is 0.212 e. The van der Waals surface area contributed by atoms with E-state index in [0.29, 0.717) is 18.9 Å². The third kappa shape index (κ3) is 7.35. The number of oxazole rings is 1. The summed E-state index contributed by atoms with van der Waals surface area (Å²) in [5.74, 6) is 0.597. The minimum absolute atomic E-state index is 0. The van der Waals surface area contributed by atoms with Crippen LogP contribution in [-0.4, -0.2) is 11.5 Å². The number of nitrogens with two attached hydrogens (primary N) is 2. The van der Waals surface area contributed by atoms with Gasteiger partial charge in [0.15, 0.2) is 5.58 Å². The Kier molecular flexibility index (Phi) is 10.8. The van der Waals surface area contributed by atoms with E-state index in [9.17, 15) is 0 Å². The van der Waals surface area contributed by atoms with Crippen LogP contribution in [0.25, 0.3) is 11.1 Å². The van der Waals surface area contributed by atoms with E-state index in [1.165, 1.54) is 56.9 Å². The molecule has 1 unspecified atom stereocenters. The maximum absolute atomic E-state index is 6.03. The molecule has 0 spiro atoms. The molecule has 0 radical (unpaired) electrons. The highest BCUT2D eigenvalue weighted by Crippen LogP contribution is 2.22. The van der Waals surface area contributed by atoms with Crippen LogP contribution in [-0.2, 0) is 6.42 Å². The van der Waals surface area contributed by atoms with Crippen LogP contribution in [0.1, 0.15) is 82.2 Å². The summed E-state index contributed by atoms with van der Waals surface area (Å²) < 4.78 is 5.81. The van der Waals surface area contributed by atoms with Gasteiger partial charge in [-0.05, 0) is 43.5 Å². The van der Waals surface area contributed by atoms with Gasteiger partial charge >= 0.3 is 0 Å². The van der Waals surface area contributed by atoms with Crippen molar-refractivity contribution in [3.05, 3.63) is 29.7 Å². The second-order valence-corrected chi connectivity index (χ2v) is 6.76. The minimum atomic E-state index is -0.210. The number of unbranched alkanes of at least 4 members (excludes halogenated alkanes) is 7. The van der Waals surface area contributed by atoms with Crippen molar-refractivity contribution >= 4 is 23.5 Å². The summed E-state index contributed by atoms with van der Waals surface area (Å²) in [4.78, 5) is 4.47. The second kappa shape index (κ2) is 12.3. The molecule has 142 valence electrons. The average molecular weight is 368 g/mol. The zero-order valence-electron chi connectivity index (χ0n) is 15.5. The molecule has 0 bridgehead atoms. The third-order valence-electron chi connectivity index (χ3n) is 4.58. The Balaban J connectivity index is 0.00000312. The standard InChI is InChI=1S/C20H33N3O.ClH/c1-2-3-4-5-6-7-8-9-10-16-11-12-18-19(15-16)24-20(23-18)17(22)13-14-21;/h11-12,15,17H,2-10,13-14,21-22H2,1H3;1H. The number of rotatable bonds is 12. The maximum Gasteiger partial charge on any atom is 0.212 e. The first-order chi connectivity index (χ1) is 11.7. The van der Waals surface area contributed by atoms with Crippen LogP contribution in [0.3, 0.4) is 0 Å². The number of hydrogen-bond donors (Lipinski definition) is 2. The van der Waals surface area contributed by atoms with Gasteiger partial charge in [-0.2, -0.15) is 0 Å². The van der Waals surface area contributed by atoms with Crippen molar-refractivity contribution in [2.45, 2.75) is 77.2 Å². The summed E-state index contributed by atoms with van der Waals surface area (Å²) in [6.07, 6.45) is 12.6. The summed E-state index contributed by atoms with van der Waals surface area (Å²) in [6.45, 7) is 2.81. The fourth-order valence-corrected chi connectivity index (χ4v) is 3.07. The molecule has 5 heteroatoms. The van der Waals surface area contributed by atoms with Crippen LogP contribution >= 0.6 is 12.4 Å². The van der Waals surface area contributed by atoms with Crippen LogP contribution in [0.5, 0.6) is 0 Å². The quantitative estimate of drug-likeness (QED) is 0.500. The van der Waals surface area contributed by atoms with E-state index < -0.39 is 0 Å². The van der Waals surface area contributed by atoms with E-state index in [0.717, 1.165) is 17.5 Å². The van der Waals surface area contributed by atoms with Crippen molar-refractivity contribution in [2.24, 2.45) is 11.5 Å². The first-order valence-corrected chi connectivity index (χ1v) is 9.59. The van der Waals surface area contributed by atoms with Gasteiger partial charge in [0.1, 0.15) is 5.52 Å². The van der Waals surface area contributed by atoms with Gasteiger partial charge in [0, 0.05) is 0 Å². The second-order valence-electron chi connectivity index (χ2n) is 6.76. The largest absolute Gasteiger partial charge is 0.439 e. The predicted molar refractivity (Wildman–Crippen MR) is 108 cm³/mol. The molecule has 0 saturated carbocycles. The Morgan fingerprint density at radius 1 is 1.04 bits per heavy atom. The van der Waals surface area contributed by atoms with Crippen molar-refractivity contribution < 1.29 is 4.42 Å². The first kappa shape index (κ1) is 21.9. The van der Waals surface area contributed by atoms with Gasteiger partial charge in [0.05, 0.1) is 6.04 Å². The molecule has 1 heterocycles. The molecule has 0 fully saturated rings. The number of aromatic nitrogens is 1. The highest BCUT2D eigenvalue weighted by Gasteiger charge is 2.13. The number of fused-ring (bicyclic) bond motifs is 1. The van der Waals surface area contributed by atoms with E-state index in [1.807, 2.05) is 6.07 Å². The van der Waals surface area contributed by atoms with Crippen LogP contribution in [0.4, 0.5) is 0 Å². The fraction of sp³-hybridized carbons (Fsp3) is 0.650. The van der Waals surface area contributed by atoms with E-state index >= 15 is 0 Å². The van der Waals surface area contributed by atoms with Gasteiger partial charge in [-0.1, -0.05) is 57.9 Å². The number of halogens is 1. The molecule has 0 aliphatic heterocycles. The Hall–Kier alpha value is -1.10. The minimum Gasteiger partial charge on any atom is -0.439 e. The molecule has 0 aliphatic rings. The average Bonchev–Trinajstić information content (AvgIpc) is 3.01. The van der Waals surface area contributed by atoms with Gasteiger partial charge in [-0.15, -0.1) is 12.4 Å². The lowest BCUT2D eigenvalue weighted by Crippen LogP contribution is -2.15. The van der Waals surface area contributed by atoms with Crippen molar-refractivity contribution in [1.82, 2.24) is 4.98 Å². The fourth-order valence-electron chi connectivity index (χ4n) is 3.07. The highest BCUT2D eigenvalue weighted by molar-refractivity contribution is 5.85. The lowest BCUT2D eigenvalue weighted by atomic mass is 10.0. The summed E-state index contributed by atoms with van der Waals surface area (Å²) in [7, 11) is 0. The molecule has 4 nitrogen and oxygen atoms in total. The summed E-state index contributed by atoms with van der Waals surface area (Å²) >= 11 is 0. The molecule has 0 saturated heterocycles. The number of hydrogen-bond acceptors (Lipinski definition) is 4. The van der Waals surface area contributed by atoms with Crippen molar-refractivity contribution in [1.29, 1.82) is 0 Å². The lowest BCUT2D eigenvalue weighted by Gasteiger charge is -2.03. The Bertz CT molecular complexity index is 600. The van der Waals surface area contributed by atoms with E-state index in [-0.39, 0.29) is 18.4 Å². The molecular formula is C20H34ClN3O. The number of aryl methyl sites for hydroxylation is 1. The molecule has 1 aromatic carbocycles. The number of nitrogens with zero attached hydrogens (tertiary/aromatic N) is 1. The van der Waals surface area contributed by atoms with Gasteiger partial charge in [-0.3, -0.25) is 0 Å². The SMILES string of the molecule is CCCCCCCCCCc1ccc2nc(C(N)CCN)oc2c1.Cl. The molecule has 4 N–H and O–H groups in total. The Labute approximate surface area is 158 Å². The summed E-state index contributed by atoms with van der Waals surface area (Å²) in [5, 5.41) is 0. The molecule has 2 rings (SSSR count). The molecule has 0 aliphatic carbocycles. The van der Waals surface area contributed by atoms with Gasteiger partial charge in [0.25, 0.3) is 0 Å². The normalized spacial score (nSPS) is 12.3. The highest BCUT2D eigenvalue weighted by atomic mass is 35.5. The van der Waals surface area contributed by atoms with E-state index in [2.05, 4.69) is 24.0 Å². The van der Waals surface area contributed by atoms with Crippen LogP contribution < -0.4 is 11.5 Å². The zero-order valence-corrected chi connectivity index (χ0v) is 16.3. The van der Waals surface area contributed by atoms with Gasteiger partial charge in [-0.25, -0.2) is 4.98 Å². The maximum atomic E-state index is 6.03. The predicted octanol–water partition coefficient (Wildman–Crippen LogP) is 5.28. The molecule has 2 aromatic rings. The third-order valence-corrected chi connectivity index (χ3v) is 4.58. The van der Waals surface area contributed by atoms with Crippen molar-refractivity contribution in [3.8, 4) is 0 Å². The van der Waals surface area contributed by atoms with Gasteiger partial charge < -0.3 is 15.9 Å². The Morgan fingerprint density at radius 2 is 1.72 bits per heavy atom. The Morgan fingerprint density at radius 3 is 2.40 bits per heavy atom. The van der Waals surface area contributed by atoms with E-state index in [4.69, 9.17) is 15.9 Å². The summed E-state index contributed by atoms with van der Waals surface area (Å²) in [6, 6.07) is 6.10. The first-order valence-electron chi connectivity index (χ1n) is 9.59. The van der Waals surface area contributed by atoms with Crippen molar-refractivity contribution in [2.75, 3.05) is 6.54 Å². The monoisotopic (exact) mass is 367 g/mol. The molecular weight excluding hydrogens is 334 g/mol. The van der Waals surface area contributed by atoms with Crippen molar-refractivity contribution in [3.63, 3.8) is 0 Å². The molecule has 25 heavy (non-hydrogen) atoms. The van der Waals surface area contributed by atoms with Crippen LogP contribution in [0, 0.1) is 0 Å². The molecule has 1 atom stereocenters. The molecule has 1 aromatic heterocycles. The van der Waals surface area contributed by atoms with E-state index in [1.54, 1.807) is 0 Å². The lowest BCUT2D eigenvalue weighted by molar-refractivity contribution is 0.462. The topological polar surface area (TPSA) is 78.1 Å².